The van der Waals surface area contributed by atoms with Crippen LogP contribution in [0.5, 0.6) is 0 Å². The third-order valence-electron chi connectivity index (χ3n) is 2.72. The molecule has 1 aromatic heterocycles. The molecule has 7 nitrogen and oxygen atoms in total. The molecule has 0 aliphatic rings. The summed E-state index contributed by atoms with van der Waals surface area (Å²) in [6.07, 6.45) is 2.97. The van der Waals surface area contributed by atoms with Gasteiger partial charge in [0.2, 0.25) is 0 Å². The molecule has 21 heavy (non-hydrogen) atoms. The van der Waals surface area contributed by atoms with Crippen molar-refractivity contribution in [3.05, 3.63) is 36.9 Å². The smallest absolute Gasteiger partial charge is 0.343 e. The molecule has 1 unspecified atom stereocenters. The van der Waals surface area contributed by atoms with Gasteiger partial charge in [0, 0.05) is 6.54 Å². The van der Waals surface area contributed by atoms with E-state index in [-0.39, 0.29) is 6.04 Å². The number of nitrogens with zero attached hydrogens (tertiary/aromatic N) is 3. The summed E-state index contributed by atoms with van der Waals surface area (Å²) in [7, 11) is 0. The molecule has 0 radical (unpaired) electrons. The largest absolute Gasteiger partial charge is 0.462 e. The Balaban J connectivity index is 2.82. The second-order valence-electron chi connectivity index (χ2n) is 4.26. The lowest BCUT2D eigenvalue weighted by molar-refractivity contribution is 0.0527. The summed E-state index contributed by atoms with van der Waals surface area (Å²) in [4.78, 5) is 15.7. The van der Waals surface area contributed by atoms with E-state index in [0.29, 0.717) is 30.4 Å². The summed E-state index contributed by atoms with van der Waals surface area (Å²) < 4.78 is 6.58. The fourth-order valence-electron chi connectivity index (χ4n) is 1.72. The zero-order valence-corrected chi connectivity index (χ0v) is 12.4. The zero-order valence-electron chi connectivity index (χ0n) is 12.4. The Hall–Kier alpha value is -2.57. The Morgan fingerprint density at radius 1 is 1.67 bits per heavy atom. The van der Waals surface area contributed by atoms with Crippen molar-refractivity contribution in [3.8, 4) is 0 Å². The van der Waals surface area contributed by atoms with E-state index < -0.39 is 5.97 Å². The van der Waals surface area contributed by atoms with Crippen LogP contribution in [-0.2, 0) is 4.74 Å². The molecule has 0 saturated carbocycles. The molecule has 1 rings (SSSR count). The molecule has 0 aliphatic heterocycles. The minimum Gasteiger partial charge on any atom is -0.462 e. The molecule has 114 valence electrons. The number of carbonyl (C=O) groups excluding carboxylic acids is 1. The topological polar surface area (TPSA) is 80.5 Å². The second-order valence-corrected chi connectivity index (χ2v) is 4.26. The predicted molar refractivity (Wildman–Crippen MR) is 82.6 cm³/mol. The highest BCUT2D eigenvalue weighted by atomic mass is 16.5. The third-order valence-corrected chi connectivity index (χ3v) is 2.72. The minimum absolute atomic E-state index is 0.0583. The van der Waals surface area contributed by atoms with E-state index in [2.05, 4.69) is 40.6 Å². The van der Waals surface area contributed by atoms with Crippen LogP contribution in [0.3, 0.4) is 0 Å². The number of hydrogen-bond acceptors (Lipinski definition) is 6. The first-order chi connectivity index (χ1) is 10.0. The van der Waals surface area contributed by atoms with Crippen molar-refractivity contribution < 1.29 is 9.53 Å². The summed E-state index contributed by atoms with van der Waals surface area (Å²) in [5.41, 5.74) is 0.307. The average molecular weight is 291 g/mol. The van der Waals surface area contributed by atoms with E-state index in [1.54, 1.807) is 11.6 Å². The number of ether oxygens (including phenoxy) is 1. The van der Waals surface area contributed by atoms with Gasteiger partial charge in [0.25, 0.3) is 0 Å². The molecule has 0 aliphatic carbocycles. The Bertz CT molecular complexity index is 535. The monoisotopic (exact) mass is 291 g/mol. The summed E-state index contributed by atoms with van der Waals surface area (Å²) in [6, 6.07) is -0.0583. The van der Waals surface area contributed by atoms with Gasteiger partial charge in [-0.1, -0.05) is 13.2 Å². The normalized spacial score (nSPS) is 11.3. The van der Waals surface area contributed by atoms with Crippen molar-refractivity contribution in [2.45, 2.75) is 19.9 Å². The van der Waals surface area contributed by atoms with Crippen molar-refractivity contribution in [3.63, 3.8) is 0 Å². The molecule has 0 bridgehead atoms. The van der Waals surface area contributed by atoms with Gasteiger partial charge in [0.15, 0.2) is 5.82 Å². The van der Waals surface area contributed by atoms with E-state index in [1.807, 2.05) is 6.92 Å². The maximum Gasteiger partial charge on any atom is 0.343 e. The Labute approximate surface area is 124 Å². The quantitative estimate of drug-likeness (QED) is 0.535. The van der Waals surface area contributed by atoms with E-state index in [4.69, 9.17) is 4.74 Å². The van der Waals surface area contributed by atoms with Gasteiger partial charge in [-0.2, -0.15) is 5.10 Å². The highest BCUT2D eigenvalue weighted by Gasteiger charge is 2.20. The van der Waals surface area contributed by atoms with Crippen molar-refractivity contribution in [1.29, 1.82) is 0 Å². The molecular formula is C14H21N5O2. The number of aliphatic imine (C=N–C) groups is 1. The SMILES string of the molecule is C=CNC(=C)NCC(C)n1ncc(C(=O)OCC)c1N=C. The van der Waals surface area contributed by atoms with E-state index in [1.165, 1.54) is 12.4 Å². The molecular weight excluding hydrogens is 270 g/mol. The van der Waals surface area contributed by atoms with Gasteiger partial charge < -0.3 is 15.4 Å². The molecule has 2 N–H and O–H groups in total. The summed E-state index contributed by atoms with van der Waals surface area (Å²) >= 11 is 0. The summed E-state index contributed by atoms with van der Waals surface area (Å²) in [6.45, 7) is 15.3. The van der Waals surface area contributed by atoms with Crippen LogP contribution in [0.15, 0.2) is 36.4 Å². The molecule has 0 saturated heterocycles. The highest BCUT2D eigenvalue weighted by molar-refractivity contribution is 5.94. The number of rotatable bonds is 9. The van der Waals surface area contributed by atoms with Gasteiger partial charge in [0.1, 0.15) is 5.56 Å². The number of carbonyl (C=O) groups is 1. The van der Waals surface area contributed by atoms with Crippen LogP contribution in [0, 0.1) is 0 Å². The first-order valence-corrected chi connectivity index (χ1v) is 6.56. The maximum absolute atomic E-state index is 11.8. The molecule has 1 heterocycles. The number of esters is 1. The fourth-order valence-corrected chi connectivity index (χ4v) is 1.72. The van der Waals surface area contributed by atoms with Crippen LogP contribution in [0.1, 0.15) is 30.2 Å². The van der Waals surface area contributed by atoms with Crippen LogP contribution >= 0.6 is 0 Å². The van der Waals surface area contributed by atoms with Crippen molar-refractivity contribution in [2.75, 3.05) is 13.2 Å². The van der Waals surface area contributed by atoms with E-state index >= 15 is 0 Å². The van der Waals surface area contributed by atoms with Crippen molar-refractivity contribution >= 4 is 18.5 Å². The zero-order chi connectivity index (χ0) is 15.8. The molecule has 0 aromatic carbocycles. The van der Waals surface area contributed by atoms with Gasteiger partial charge in [0.05, 0.1) is 24.7 Å². The van der Waals surface area contributed by atoms with Crippen molar-refractivity contribution in [2.24, 2.45) is 4.99 Å². The van der Waals surface area contributed by atoms with Gasteiger partial charge in [-0.15, -0.1) is 0 Å². The van der Waals surface area contributed by atoms with Gasteiger partial charge >= 0.3 is 5.97 Å². The minimum atomic E-state index is -0.455. The van der Waals surface area contributed by atoms with Crippen LogP contribution < -0.4 is 10.6 Å². The summed E-state index contributed by atoms with van der Waals surface area (Å²) in [5.74, 6) is 0.566. The lowest BCUT2D eigenvalue weighted by Crippen LogP contribution is -2.28. The molecule has 0 amide bonds. The Morgan fingerprint density at radius 2 is 2.38 bits per heavy atom. The maximum atomic E-state index is 11.8. The highest BCUT2D eigenvalue weighted by Crippen LogP contribution is 2.23. The Morgan fingerprint density at radius 3 is 2.95 bits per heavy atom. The van der Waals surface area contributed by atoms with Crippen LogP contribution in [0.2, 0.25) is 0 Å². The molecule has 0 fully saturated rings. The van der Waals surface area contributed by atoms with Crippen LogP contribution in [-0.4, -0.2) is 35.6 Å². The standard InChI is InChI=1S/C14H21N5O2/c1-6-16-11(4)17-8-10(3)19-13(15-5)12(9-18-19)14(20)21-7-2/h6,9-10,16-17H,1,4-5,7-8H2,2-3H3. The third kappa shape index (κ3) is 4.20. The van der Waals surface area contributed by atoms with Gasteiger partial charge in [-0.05, 0) is 26.8 Å². The molecule has 1 aromatic rings. The van der Waals surface area contributed by atoms with Crippen LogP contribution in [0.4, 0.5) is 5.82 Å². The second kappa shape index (κ2) is 7.88. The number of nitrogens with one attached hydrogen (secondary N) is 2. The van der Waals surface area contributed by atoms with Crippen molar-refractivity contribution in [1.82, 2.24) is 20.4 Å². The lowest BCUT2D eigenvalue weighted by Gasteiger charge is -2.16. The van der Waals surface area contributed by atoms with E-state index in [0.717, 1.165) is 0 Å². The first-order valence-electron chi connectivity index (χ1n) is 6.56. The molecule has 7 heteroatoms. The van der Waals surface area contributed by atoms with Gasteiger partial charge in [-0.25, -0.2) is 14.5 Å². The fraction of sp³-hybridized carbons (Fsp3) is 0.357. The lowest BCUT2D eigenvalue weighted by atomic mass is 10.3. The summed E-state index contributed by atoms with van der Waals surface area (Å²) in [5, 5.41) is 10.1. The van der Waals surface area contributed by atoms with Gasteiger partial charge in [-0.3, -0.25) is 0 Å². The molecule has 0 spiro atoms. The Kier molecular flexibility index (Phi) is 6.19. The van der Waals surface area contributed by atoms with Crippen LogP contribution in [0.25, 0.3) is 0 Å². The number of hydrogen-bond donors (Lipinski definition) is 2. The van der Waals surface area contributed by atoms with E-state index in [9.17, 15) is 4.79 Å². The number of aromatic nitrogens is 2. The predicted octanol–water partition coefficient (Wildman–Crippen LogP) is 1.75. The first kappa shape index (κ1) is 16.5. The average Bonchev–Trinajstić information content (AvgIpc) is 2.89. The molecule has 1 atom stereocenters.